The number of ether oxygens (including phenoxy) is 1. The molecule has 0 radical (unpaired) electrons. The largest absolute Gasteiger partial charge is 0.490 e. The van der Waals surface area contributed by atoms with E-state index in [2.05, 4.69) is 9.97 Å². The van der Waals surface area contributed by atoms with Gasteiger partial charge in [0, 0.05) is 22.7 Å². The molecule has 4 nitrogen and oxygen atoms in total. The fourth-order valence-electron chi connectivity index (χ4n) is 3.41. The quantitative estimate of drug-likeness (QED) is 0.505. The van der Waals surface area contributed by atoms with Crippen molar-refractivity contribution < 1.29 is 17.9 Å². The van der Waals surface area contributed by atoms with Crippen molar-refractivity contribution >= 4 is 22.5 Å². The Morgan fingerprint density at radius 2 is 1.87 bits per heavy atom. The molecule has 0 amide bonds. The van der Waals surface area contributed by atoms with Gasteiger partial charge in [-0.15, -0.1) is 0 Å². The van der Waals surface area contributed by atoms with Gasteiger partial charge in [0.15, 0.2) is 5.75 Å². The topological polar surface area (TPSA) is 61.0 Å². The summed E-state index contributed by atoms with van der Waals surface area (Å²) in [5, 5.41) is 0.928. The number of hydrogen-bond acceptors (Lipinski definition) is 4. The van der Waals surface area contributed by atoms with Crippen molar-refractivity contribution in [2.45, 2.75) is 38.9 Å². The van der Waals surface area contributed by atoms with Gasteiger partial charge in [0.1, 0.15) is 0 Å². The van der Waals surface area contributed by atoms with E-state index < -0.39 is 11.7 Å². The van der Waals surface area contributed by atoms with E-state index in [0.29, 0.717) is 34.0 Å². The normalized spacial score (nSPS) is 13.5. The minimum Gasteiger partial charge on any atom is -0.490 e. The number of nitrogens with two attached hydrogens (primary N) is 1. The van der Waals surface area contributed by atoms with Crippen molar-refractivity contribution in [1.29, 1.82) is 0 Å². The molecule has 0 aliphatic heterocycles. The number of alkyl halides is 3. The summed E-state index contributed by atoms with van der Waals surface area (Å²) in [4.78, 5) is 8.46. The maximum Gasteiger partial charge on any atom is 0.416 e. The molecular formula is C22H23ClF3N3O. The number of benzene rings is 1. The average Bonchev–Trinajstić information content (AvgIpc) is 2.64. The van der Waals surface area contributed by atoms with Crippen molar-refractivity contribution in [3.63, 3.8) is 0 Å². The van der Waals surface area contributed by atoms with Crippen LogP contribution in [-0.2, 0) is 6.18 Å². The third-order valence-corrected chi connectivity index (χ3v) is 4.86. The van der Waals surface area contributed by atoms with Gasteiger partial charge >= 0.3 is 6.18 Å². The van der Waals surface area contributed by atoms with Crippen LogP contribution in [0.3, 0.4) is 0 Å². The van der Waals surface area contributed by atoms with Gasteiger partial charge in [-0.1, -0.05) is 24.6 Å². The van der Waals surface area contributed by atoms with Crippen LogP contribution in [0.15, 0.2) is 42.7 Å². The van der Waals surface area contributed by atoms with Crippen molar-refractivity contribution in [2.75, 3.05) is 6.61 Å². The SMILES string of the molecule is CC(COc1cnc(-c2ccnc3cc(C(F)(F)F)ccc23)cc1Cl)CC(C)(C)N. The lowest BCUT2D eigenvalue weighted by Gasteiger charge is -2.23. The smallest absolute Gasteiger partial charge is 0.416 e. The standard InChI is InChI=1S/C22H23ClF3N3O/c1-13(10-21(2,3)27)12-30-20-11-29-19(9-17(20)23)16-6-7-28-18-8-14(22(24,25)26)4-5-15(16)18/h4-9,11,13H,10,12,27H2,1-3H3. The Morgan fingerprint density at radius 1 is 1.13 bits per heavy atom. The summed E-state index contributed by atoms with van der Waals surface area (Å²) in [6, 6.07) is 6.79. The summed E-state index contributed by atoms with van der Waals surface area (Å²) in [6.07, 6.45) is -0.663. The Hall–Kier alpha value is -2.38. The number of aromatic nitrogens is 2. The fourth-order valence-corrected chi connectivity index (χ4v) is 3.62. The van der Waals surface area contributed by atoms with Crippen LogP contribution in [-0.4, -0.2) is 22.1 Å². The van der Waals surface area contributed by atoms with E-state index in [1.807, 2.05) is 20.8 Å². The third kappa shape index (κ3) is 5.40. The predicted molar refractivity (Wildman–Crippen MR) is 113 cm³/mol. The van der Waals surface area contributed by atoms with Gasteiger partial charge in [-0.3, -0.25) is 9.97 Å². The van der Waals surface area contributed by atoms with Crippen LogP contribution in [0.25, 0.3) is 22.2 Å². The molecule has 2 N–H and O–H groups in total. The van der Waals surface area contributed by atoms with E-state index in [0.717, 1.165) is 18.6 Å². The Balaban J connectivity index is 1.85. The zero-order valence-corrected chi connectivity index (χ0v) is 17.7. The van der Waals surface area contributed by atoms with E-state index >= 15 is 0 Å². The molecule has 0 saturated heterocycles. The first-order chi connectivity index (χ1) is 13.9. The molecule has 0 fully saturated rings. The van der Waals surface area contributed by atoms with E-state index in [9.17, 15) is 13.2 Å². The Kier molecular flexibility index (Phi) is 6.24. The third-order valence-electron chi connectivity index (χ3n) is 4.56. The summed E-state index contributed by atoms with van der Waals surface area (Å²) < 4.78 is 44.7. The number of nitrogens with zero attached hydrogens (tertiary/aromatic N) is 2. The van der Waals surface area contributed by atoms with Gasteiger partial charge in [-0.2, -0.15) is 13.2 Å². The first-order valence-corrected chi connectivity index (χ1v) is 9.85. The van der Waals surface area contributed by atoms with Crippen LogP contribution >= 0.6 is 11.6 Å². The molecule has 2 heterocycles. The number of pyridine rings is 2. The van der Waals surface area contributed by atoms with Gasteiger partial charge < -0.3 is 10.5 Å². The van der Waals surface area contributed by atoms with E-state index in [4.69, 9.17) is 22.1 Å². The Bertz CT molecular complexity index is 1050. The van der Waals surface area contributed by atoms with Gasteiger partial charge in [0.25, 0.3) is 0 Å². The van der Waals surface area contributed by atoms with Crippen LogP contribution in [0.2, 0.25) is 5.02 Å². The zero-order chi connectivity index (χ0) is 22.1. The maximum absolute atomic E-state index is 13.0. The summed E-state index contributed by atoms with van der Waals surface area (Å²) in [7, 11) is 0. The second-order valence-corrected chi connectivity index (χ2v) is 8.60. The second-order valence-electron chi connectivity index (χ2n) is 8.20. The minimum atomic E-state index is -4.43. The lowest BCUT2D eigenvalue weighted by atomic mass is 9.93. The summed E-state index contributed by atoms with van der Waals surface area (Å²) in [5.41, 5.74) is 6.40. The minimum absolute atomic E-state index is 0.229. The first-order valence-electron chi connectivity index (χ1n) is 9.47. The van der Waals surface area contributed by atoms with E-state index in [1.54, 1.807) is 12.1 Å². The molecule has 30 heavy (non-hydrogen) atoms. The molecule has 0 bridgehead atoms. The molecule has 1 unspecified atom stereocenters. The van der Waals surface area contributed by atoms with E-state index in [-0.39, 0.29) is 17.0 Å². The highest BCUT2D eigenvalue weighted by atomic mass is 35.5. The molecule has 3 aromatic rings. The highest BCUT2D eigenvalue weighted by molar-refractivity contribution is 6.32. The molecule has 1 aromatic carbocycles. The van der Waals surface area contributed by atoms with Crippen molar-refractivity contribution in [2.24, 2.45) is 11.7 Å². The predicted octanol–water partition coefficient (Wildman–Crippen LogP) is 6.11. The van der Waals surface area contributed by atoms with Crippen molar-refractivity contribution in [3.8, 4) is 17.0 Å². The molecule has 1 atom stereocenters. The van der Waals surface area contributed by atoms with E-state index in [1.165, 1.54) is 18.5 Å². The Labute approximate surface area is 178 Å². The summed E-state index contributed by atoms with van der Waals surface area (Å²) in [5.74, 6) is 0.674. The highest BCUT2D eigenvalue weighted by Crippen LogP contribution is 2.35. The second kappa shape index (κ2) is 8.40. The number of hydrogen-bond donors (Lipinski definition) is 1. The van der Waals surface area contributed by atoms with Crippen LogP contribution in [0.4, 0.5) is 13.2 Å². The number of fused-ring (bicyclic) bond motifs is 1. The van der Waals surface area contributed by atoms with Gasteiger partial charge in [0.2, 0.25) is 0 Å². The Morgan fingerprint density at radius 3 is 2.50 bits per heavy atom. The molecule has 160 valence electrons. The number of halogens is 4. The zero-order valence-electron chi connectivity index (χ0n) is 16.9. The highest BCUT2D eigenvalue weighted by Gasteiger charge is 2.30. The molecule has 0 spiro atoms. The molecule has 3 rings (SSSR count). The fraction of sp³-hybridized carbons (Fsp3) is 0.364. The molecular weight excluding hydrogens is 415 g/mol. The maximum atomic E-state index is 13.0. The van der Waals surface area contributed by atoms with Crippen molar-refractivity contribution in [3.05, 3.63) is 53.3 Å². The lowest BCUT2D eigenvalue weighted by Crippen LogP contribution is -2.35. The average molecular weight is 438 g/mol. The first kappa shape index (κ1) is 22.3. The number of rotatable bonds is 6. The molecule has 0 aliphatic rings. The summed E-state index contributed by atoms with van der Waals surface area (Å²) >= 11 is 6.38. The van der Waals surface area contributed by atoms with Gasteiger partial charge in [-0.05, 0) is 50.5 Å². The van der Waals surface area contributed by atoms with Crippen LogP contribution < -0.4 is 10.5 Å². The molecule has 0 saturated carbocycles. The van der Waals surface area contributed by atoms with Crippen LogP contribution in [0.5, 0.6) is 5.75 Å². The van der Waals surface area contributed by atoms with Crippen molar-refractivity contribution in [1.82, 2.24) is 9.97 Å². The van der Waals surface area contributed by atoms with Crippen LogP contribution in [0, 0.1) is 5.92 Å². The molecule has 2 aromatic heterocycles. The monoisotopic (exact) mass is 437 g/mol. The van der Waals surface area contributed by atoms with Gasteiger partial charge in [-0.25, -0.2) is 0 Å². The van der Waals surface area contributed by atoms with Gasteiger partial charge in [0.05, 0.1) is 34.6 Å². The molecule has 8 heteroatoms. The molecule has 0 aliphatic carbocycles. The summed E-state index contributed by atoms with van der Waals surface area (Å²) in [6.45, 7) is 6.41. The van der Waals surface area contributed by atoms with Crippen LogP contribution in [0.1, 0.15) is 32.8 Å². The lowest BCUT2D eigenvalue weighted by molar-refractivity contribution is -0.137.